The van der Waals surface area contributed by atoms with Crippen molar-refractivity contribution >= 4 is 32.7 Å². The van der Waals surface area contributed by atoms with Crippen LogP contribution in [-0.2, 0) is 6.42 Å². The SMILES string of the molecule is [2H]C([2H])c1cc(-c2cccc3c2oc2c4cc(CC(C)(C)C)ccc4ccc32)ncc1C([2H])([2H])[2H]. The summed E-state index contributed by atoms with van der Waals surface area (Å²) in [6, 6.07) is 18.0. The molecule has 0 radical (unpaired) electrons. The Bertz CT molecular complexity index is 1570. The zero-order chi connectivity index (χ0) is 25.1. The van der Waals surface area contributed by atoms with Crippen LogP contribution in [0.25, 0.3) is 44.0 Å². The van der Waals surface area contributed by atoms with Crippen LogP contribution < -0.4 is 0 Å². The summed E-state index contributed by atoms with van der Waals surface area (Å²) in [6.45, 7) is 2.80. The van der Waals surface area contributed by atoms with Crippen molar-refractivity contribution in [3.05, 3.63) is 77.5 Å². The minimum absolute atomic E-state index is 0.0644. The Hall–Kier alpha value is -3.13. The largest absolute Gasteiger partial charge is 0.455 e. The van der Waals surface area contributed by atoms with E-state index in [2.05, 4.69) is 56.1 Å². The topological polar surface area (TPSA) is 26.0 Å². The molecule has 30 heavy (non-hydrogen) atoms. The number of rotatable bonds is 2. The molecule has 150 valence electrons. The van der Waals surface area contributed by atoms with Crippen molar-refractivity contribution in [3.8, 4) is 11.3 Å². The van der Waals surface area contributed by atoms with Gasteiger partial charge in [0.15, 0.2) is 0 Å². The zero-order valence-electron chi connectivity index (χ0n) is 22.4. The molecule has 0 N–H and O–H groups in total. The van der Waals surface area contributed by atoms with E-state index in [0.717, 1.165) is 33.5 Å². The molecular weight excluding hydrogens is 366 g/mol. The first kappa shape index (κ1) is 14.0. The van der Waals surface area contributed by atoms with Crippen LogP contribution in [0.1, 0.15) is 44.3 Å². The standard InChI is InChI=1S/C28H27NO/c1-17-13-25(29-16-18(17)2)23-8-6-7-21-22-12-11-20-10-9-19(15-28(3,4)5)14-24(20)27(22)30-26(21)23/h6-14,16H,15H2,1-5H3/i1D2,2D3. The average Bonchev–Trinajstić information content (AvgIpc) is 3.16. The lowest BCUT2D eigenvalue weighted by molar-refractivity contribution is 0.411. The van der Waals surface area contributed by atoms with E-state index in [1.807, 2.05) is 18.2 Å². The summed E-state index contributed by atoms with van der Waals surface area (Å²) in [5.74, 6) is 0. The van der Waals surface area contributed by atoms with Gasteiger partial charge >= 0.3 is 0 Å². The zero-order valence-corrected chi connectivity index (χ0v) is 17.4. The molecule has 5 rings (SSSR count). The molecule has 0 fully saturated rings. The van der Waals surface area contributed by atoms with Crippen LogP contribution in [0.5, 0.6) is 0 Å². The minimum atomic E-state index is -2.43. The second-order valence-corrected chi connectivity index (χ2v) is 9.18. The highest BCUT2D eigenvalue weighted by Gasteiger charge is 2.17. The smallest absolute Gasteiger partial charge is 0.144 e. The van der Waals surface area contributed by atoms with Gasteiger partial charge in [0.05, 0.1) is 5.69 Å². The number of aryl methyl sites for hydroxylation is 2. The van der Waals surface area contributed by atoms with Gasteiger partial charge < -0.3 is 4.42 Å². The Balaban J connectivity index is 1.74. The highest BCUT2D eigenvalue weighted by molar-refractivity contribution is 6.17. The maximum absolute atomic E-state index is 7.89. The van der Waals surface area contributed by atoms with Gasteiger partial charge in [-0.3, -0.25) is 4.98 Å². The number of para-hydroxylation sites is 1. The fraction of sp³-hybridized carbons (Fsp3) is 0.250. The molecule has 0 atom stereocenters. The molecular formula is C28H27NO. The van der Waals surface area contributed by atoms with Crippen molar-refractivity contribution < 1.29 is 11.3 Å². The average molecular weight is 399 g/mol. The number of aromatic nitrogens is 1. The monoisotopic (exact) mass is 398 g/mol. The molecule has 0 unspecified atom stereocenters. The van der Waals surface area contributed by atoms with E-state index in [9.17, 15) is 0 Å². The third-order valence-corrected chi connectivity index (χ3v) is 5.49. The first-order chi connectivity index (χ1) is 16.4. The van der Waals surface area contributed by atoms with Gasteiger partial charge in [-0.05, 0) is 71.9 Å². The molecule has 0 bridgehead atoms. The third kappa shape index (κ3) is 3.17. The summed E-state index contributed by atoms with van der Waals surface area (Å²) in [4.78, 5) is 4.41. The van der Waals surface area contributed by atoms with Crippen LogP contribution in [0.2, 0.25) is 0 Å². The van der Waals surface area contributed by atoms with Crippen molar-refractivity contribution in [3.63, 3.8) is 0 Å². The Labute approximate surface area is 184 Å². The summed E-state index contributed by atoms with van der Waals surface area (Å²) >= 11 is 0. The number of hydrogen-bond donors (Lipinski definition) is 0. The second kappa shape index (κ2) is 6.70. The van der Waals surface area contributed by atoms with Crippen molar-refractivity contribution in [2.45, 2.75) is 40.9 Å². The Morgan fingerprint density at radius 2 is 1.73 bits per heavy atom. The van der Waals surface area contributed by atoms with Gasteiger partial charge in [0.2, 0.25) is 0 Å². The van der Waals surface area contributed by atoms with E-state index in [1.54, 1.807) is 0 Å². The summed E-state index contributed by atoms with van der Waals surface area (Å²) in [7, 11) is 0. The maximum atomic E-state index is 7.89. The van der Waals surface area contributed by atoms with Crippen molar-refractivity contribution in [1.82, 2.24) is 4.98 Å². The fourth-order valence-electron chi connectivity index (χ4n) is 4.16. The quantitative estimate of drug-likeness (QED) is 0.301. The number of pyridine rings is 1. The van der Waals surface area contributed by atoms with Crippen LogP contribution >= 0.6 is 0 Å². The fourth-order valence-corrected chi connectivity index (χ4v) is 4.16. The van der Waals surface area contributed by atoms with E-state index in [4.69, 9.17) is 11.3 Å². The van der Waals surface area contributed by atoms with Gasteiger partial charge in [-0.2, -0.15) is 0 Å². The Morgan fingerprint density at radius 1 is 0.900 bits per heavy atom. The van der Waals surface area contributed by atoms with Crippen molar-refractivity contribution in [2.75, 3.05) is 0 Å². The number of hydrogen-bond acceptors (Lipinski definition) is 2. The normalized spacial score (nSPS) is 15.3. The predicted molar refractivity (Wildman–Crippen MR) is 127 cm³/mol. The molecule has 2 heteroatoms. The Morgan fingerprint density at radius 3 is 2.53 bits per heavy atom. The van der Waals surface area contributed by atoms with Gasteiger partial charge in [-0.25, -0.2) is 0 Å². The molecule has 5 aromatic rings. The van der Waals surface area contributed by atoms with Crippen LogP contribution in [-0.4, -0.2) is 4.98 Å². The molecule has 2 nitrogen and oxygen atoms in total. The highest BCUT2D eigenvalue weighted by Crippen LogP contribution is 2.39. The first-order valence-electron chi connectivity index (χ1n) is 12.8. The molecule has 0 aliphatic rings. The minimum Gasteiger partial charge on any atom is -0.455 e. The highest BCUT2D eigenvalue weighted by atomic mass is 16.3. The molecule has 0 aliphatic carbocycles. The summed E-state index contributed by atoms with van der Waals surface area (Å²) in [5, 5.41) is 4.09. The van der Waals surface area contributed by atoms with Gasteiger partial charge in [-0.1, -0.05) is 51.1 Å². The maximum Gasteiger partial charge on any atom is 0.144 e. The van der Waals surface area contributed by atoms with E-state index < -0.39 is 13.7 Å². The summed E-state index contributed by atoms with van der Waals surface area (Å²) in [6.07, 6.45) is 2.22. The van der Waals surface area contributed by atoms with Crippen LogP contribution in [0.4, 0.5) is 0 Å². The molecule has 0 saturated heterocycles. The first-order valence-corrected chi connectivity index (χ1v) is 10.1. The van der Waals surface area contributed by atoms with Crippen LogP contribution in [0, 0.1) is 19.1 Å². The van der Waals surface area contributed by atoms with Crippen LogP contribution in [0.15, 0.2) is 65.2 Å². The number of benzene rings is 3. The van der Waals surface area contributed by atoms with E-state index >= 15 is 0 Å². The van der Waals surface area contributed by atoms with E-state index in [1.165, 1.54) is 17.8 Å². The van der Waals surface area contributed by atoms with E-state index in [-0.39, 0.29) is 16.5 Å². The molecule has 2 heterocycles. The van der Waals surface area contributed by atoms with Crippen molar-refractivity contribution in [2.24, 2.45) is 5.41 Å². The molecule has 0 spiro atoms. The second-order valence-electron chi connectivity index (χ2n) is 9.18. The lowest BCUT2D eigenvalue weighted by Crippen LogP contribution is -2.08. The lowest BCUT2D eigenvalue weighted by Gasteiger charge is -2.18. The molecule has 3 aromatic carbocycles. The number of furan rings is 1. The van der Waals surface area contributed by atoms with Crippen molar-refractivity contribution in [1.29, 1.82) is 0 Å². The Kier molecular flexibility index (Phi) is 3.12. The van der Waals surface area contributed by atoms with Crippen LogP contribution in [0.3, 0.4) is 0 Å². The van der Waals surface area contributed by atoms with Gasteiger partial charge in [0.1, 0.15) is 11.2 Å². The third-order valence-electron chi connectivity index (χ3n) is 5.49. The van der Waals surface area contributed by atoms with Gasteiger partial charge in [-0.15, -0.1) is 0 Å². The summed E-state index contributed by atoms with van der Waals surface area (Å²) < 4.78 is 45.5. The van der Waals surface area contributed by atoms with E-state index in [0.29, 0.717) is 16.8 Å². The lowest BCUT2D eigenvalue weighted by atomic mass is 9.87. The molecule has 0 saturated carbocycles. The predicted octanol–water partition coefficient (Wildman–Crippen LogP) is 8.01. The van der Waals surface area contributed by atoms with Gasteiger partial charge in [0, 0.05) is 34.8 Å². The number of nitrogens with zero attached hydrogens (tertiary/aromatic N) is 1. The number of fused-ring (bicyclic) bond motifs is 5. The molecule has 2 aromatic heterocycles. The molecule has 0 aliphatic heterocycles. The molecule has 0 amide bonds. The van der Waals surface area contributed by atoms with Gasteiger partial charge in [0.25, 0.3) is 0 Å². The summed E-state index contributed by atoms with van der Waals surface area (Å²) in [5.41, 5.74) is 4.13.